The second kappa shape index (κ2) is 7.17. The fourth-order valence-electron chi connectivity index (χ4n) is 2.05. The Morgan fingerprint density at radius 2 is 2.24 bits per heavy atom. The Bertz CT molecular complexity index is 585. The number of halogens is 1. The van der Waals surface area contributed by atoms with Crippen LogP contribution in [-0.2, 0) is 13.7 Å². The molecule has 0 aliphatic heterocycles. The Hall–Kier alpha value is -1.95. The summed E-state index contributed by atoms with van der Waals surface area (Å²) in [6, 6.07) is 4.60. The number of rotatable bonds is 7. The highest BCUT2D eigenvalue weighted by atomic mass is 19.1. The van der Waals surface area contributed by atoms with Gasteiger partial charge in [0, 0.05) is 18.7 Å². The van der Waals surface area contributed by atoms with E-state index in [-0.39, 0.29) is 11.9 Å². The van der Waals surface area contributed by atoms with Crippen LogP contribution < -0.4 is 10.1 Å². The fourth-order valence-corrected chi connectivity index (χ4v) is 2.05. The highest BCUT2D eigenvalue weighted by Gasteiger charge is 2.13. The van der Waals surface area contributed by atoms with Crippen LogP contribution in [-0.4, -0.2) is 21.3 Å². The predicted octanol–water partition coefficient (Wildman–Crippen LogP) is 2.59. The molecule has 1 aromatic carbocycles. The van der Waals surface area contributed by atoms with E-state index in [0.29, 0.717) is 12.4 Å². The van der Waals surface area contributed by atoms with Gasteiger partial charge < -0.3 is 10.1 Å². The molecule has 1 aromatic heterocycles. The van der Waals surface area contributed by atoms with E-state index in [4.69, 9.17) is 4.74 Å². The first-order valence-corrected chi connectivity index (χ1v) is 7.10. The van der Waals surface area contributed by atoms with E-state index in [2.05, 4.69) is 22.3 Å². The van der Waals surface area contributed by atoms with E-state index in [0.717, 1.165) is 24.4 Å². The molecule has 21 heavy (non-hydrogen) atoms. The number of nitrogens with one attached hydrogen (secondary N) is 1. The van der Waals surface area contributed by atoms with E-state index in [9.17, 15) is 4.39 Å². The summed E-state index contributed by atoms with van der Waals surface area (Å²) in [7, 11) is 1.81. The number of ether oxygens (including phenoxy) is 1. The molecule has 0 aliphatic rings. The zero-order valence-electron chi connectivity index (χ0n) is 12.6. The van der Waals surface area contributed by atoms with Gasteiger partial charge in [-0.3, -0.25) is 4.68 Å². The standard InChI is InChI=1S/C15H21FN4O/c1-4-7-17-11(2)13-8-12(16)5-6-14(13)21-9-15-18-10-19-20(15)3/h5-6,8,10-11,17H,4,7,9H2,1-3H3. The first-order valence-electron chi connectivity index (χ1n) is 7.10. The van der Waals surface area contributed by atoms with Gasteiger partial charge in [-0.1, -0.05) is 6.92 Å². The summed E-state index contributed by atoms with van der Waals surface area (Å²) in [4.78, 5) is 4.11. The molecule has 1 unspecified atom stereocenters. The molecule has 0 bridgehead atoms. The molecule has 0 saturated carbocycles. The highest BCUT2D eigenvalue weighted by Crippen LogP contribution is 2.26. The molecule has 0 amide bonds. The summed E-state index contributed by atoms with van der Waals surface area (Å²) >= 11 is 0. The third-order valence-corrected chi connectivity index (χ3v) is 3.30. The average molecular weight is 292 g/mol. The van der Waals surface area contributed by atoms with Gasteiger partial charge in [0.2, 0.25) is 0 Å². The van der Waals surface area contributed by atoms with Crippen molar-refractivity contribution < 1.29 is 9.13 Å². The number of aryl methyl sites for hydroxylation is 1. The predicted molar refractivity (Wildman–Crippen MR) is 78.4 cm³/mol. The Labute approximate surface area is 124 Å². The maximum absolute atomic E-state index is 13.5. The van der Waals surface area contributed by atoms with E-state index in [1.54, 1.807) is 10.7 Å². The Morgan fingerprint density at radius 3 is 2.90 bits per heavy atom. The van der Waals surface area contributed by atoms with E-state index < -0.39 is 0 Å². The van der Waals surface area contributed by atoms with Gasteiger partial charge in [0.15, 0.2) is 5.82 Å². The molecule has 114 valence electrons. The molecule has 0 spiro atoms. The second-order valence-electron chi connectivity index (χ2n) is 4.95. The summed E-state index contributed by atoms with van der Waals surface area (Å²) in [5.74, 6) is 1.12. The van der Waals surface area contributed by atoms with Gasteiger partial charge in [-0.15, -0.1) is 0 Å². The number of hydrogen-bond donors (Lipinski definition) is 1. The van der Waals surface area contributed by atoms with Crippen LogP contribution in [0, 0.1) is 5.82 Å². The summed E-state index contributed by atoms with van der Waals surface area (Å²) < 4.78 is 20.9. The maximum atomic E-state index is 13.5. The maximum Gasteiger partial charge on any atom is 0.164 e. The Balaban J connectivity index is 2.12. The van der Waals surface area contributed by atoms with E-state index >= 15 is 0 Å². The SMILES string of the molecule is CCCNC(C)c1cc(F)ccc1OCc1ncnn1C. The molecule has 2 rings (SSSR count). The van der Waals surface area contributed by atoms with Crippen molar-refractivity contribution in [3.8, 4) is 5.75 Å². The van der Waals surface area contributed by atoms with Crippen molar-refractivity contribution in [2.75, 3.05) is 6.54 Å². The molecule has 0 saturated heterocycles. The van der Waals surface area contributed by atoms with Gasteiger partial charge in [0.05, 0.1) is 0 Å². The van der Waals surface area contributed by atoms with Crippen molar-refractivity contribution in [1.82, 2.24) is 20.1 Å². The van der Waals surface area contributed by atoms with Crippen molar-refractivity contribution in [2.24, 2.45) is 7.05 Å². The van der Waals surface area contributed by atoms with Crippen molar-refractivity contribution >= 4 is 0 Å². The quantitative estimate of drug-likeness (QED) is 0.852. The van der Waals surface area contributed by atoms with Crippen LogP contribution in [0.3, 0.4) is 0 Å². The first-order chi connectivity index (χ1) is 10.1. The van der Waals surface area contributed by atoms with Gasteiger partial charge in [0.1, 0.15) is 24.5 Å². The van der Waals surface area contributed by atoms with Crippen LogP contribution in [0.15, 0.2) is 24.5 Å². The van der Waals surface area contributed by atoms with Crippen molar-refractivity contribution in [1.29, 1.82) is 0 Å². The lowest BCUT2D eigenvalue weighted by Crippen LogP contribution is -2.20. The number of aromatic nitrogens is 3. The molecule has 1 heterocycles. The van der Waals surface area contributed by atoms with E-state index in [1.807, 2.05) is 14.0 Å². The average Bonchev–Trinajstić information content (AvgIpc) is 2.88. The summed E-state index contributed by atoms with van der Waals surface area (Å²) in [5.41, 5.74) is 0.811. The third kappa shape index (κ3) is 4.01. The zero-order valence-corrected chi connectivity index (χ0v) is 12.6. The molecule has 0 aliphatic carbocycles. The molecule has 5 nitrogen and oxygen atoms in total. The fraction of sp³-hybridized carbons (Fsp3) is 0.467. The topological polar surface area (TPSA) is 52.0 Å². The van der Waals surface area contributed by atoms with Crippen LogP contribution in [0.4, 0.5) is 4.39 Å². The van der Waals surface area contributed by atoms with Gasteiger partial charge >= 0.3 is 0 Å². The largest absolute Gasteiger partial charge is 0.485 e. The van der Waals surface area contributed by atoms with Crippen LogP contribution in [0.1, 0.15) is 37.7 Å². The van der Waals surface area contributed by atoms with Gasteiger partial charge in [-0.25, -0.2) is 9.37 Å². The third-order valence-electron chi connectivity index (χ3n) is 3.30. The minimum Gasteiger partial charge on any atom is -0.485 e. The molecular weight excluding hydrogens is 271 g/mol. The number of hydrogen-bond acceptors (Lipinski definition) is 4. The lowest BCUT2D eigenvalue weighted by molar-refractivity contribution is 0.283. The zero-order chi connectivity index (χ0) is 15.2. The van der Waals surface area contributed by atoms with Crippen LogP contribution >= 0.6 is 0 Å². The lowest BCUT2D eigenvalue weighted by atomic mass is 10.1. The molecule has 0 fully saturated rings. The smallest absolute Gasteiger partial charge is 0.164 e. The van der Waals surface area contributed by atoms with E-state index in [1.165, 1.54) is 18.5 Å². The molecule has 1 N–H and O–H groups in total. The van der Waals surface area contributed by atoms with Crippen LogP contribution in [0.25, 0.3) is 0 Å². The van der Waals surface area contributed by atoms with Crippen molar-refractivity contribution in [3.63, 3.8) is 0 Å². The molecular formula is C15H21FN4O. The van der Waals surface area contributed by atoms with Crippen LogP contribution in [0.2, 0.25) is 0 Å². The minimum absolute atomic E-state index is 0.0233. The minimum atomic E-state index is -0.263. The molecule has 6 heteroatoms. The lowest BCUT2D eigenvalue weighted by Gasteiger charge is -2.18. The van der Waals surface area contributed by atoms with Crippen molar-refractivity contribution in [3.05, 3.63) is 41.7 Å². The molecule has 1 atom stereocenters. The Morgan fingerprint density at radius 1 is 1.43 bits per heavy atom. The number of benzene rings is 1. The molecule has 2 aromatic rings. The van der Waals surface area contributed by atoms with Gasteiger partial charge in [-0.05, 0) is 38.1 Å². The molecule has 0 radical (unpaired) electrons. The summed E-state index contributed by atoms with van der Waals surface area (Å²) in [6.45, 7) is 5.27. The van der Waals surface area contributed by atoms with Crippen LogP contribution in [0.5, 0.6) is 5.75 Å². The monoisotopic (exact) mass is 292 g/mol. The summed E-state index contributed by atoms with van der Waals surface area (Å²) in [6.07, 6.45) is 2.50. The first kappa shape index (κ1) is 15.4. The second-order valence-corrected chi connectivity index (χ2v) is 4.95. The van der Waals surface area contributed by atoms with Crippen molar-refractivity contribution in [2.45, 2.75) is 32.9 Å². The summed E-state index contributed by atoms with van der Waals surface area (Å²) in [5, 5.41) is 7.34. The highest BCUT2D eigenvalue weighted by molar-refractivity contribution is 5.36. The van der Waals surface area contributed by atoms with Gasteiger partial charge in [-0.2, -0.15) is 5.10 Å². The Kier molecular flexibility index (Phi) is 5.27. The van der Waals surface area contributed by atoms with Gasteiger partial charge in [0.25, 0.3) is 0 Å². The normalized spacial score (nSPS) is 12.4. The number of nitrogens with zero attached hydrogens (tertiary/aromatic N) is 3.